The lowest BCUT2D eigenvalue weighted by atomic mass is 10.4. The fourth-order valence-corrected chi connectivity index (χ4v) is 2.73. The van der Waals surface area contributed by atoms with Crippen LogP contribution in [0.3, 0.4) is 0 Å². The first-order valence-corrected chi connectivity index (χ1v) is 6.30. The first-order chi connectivity index (χ1) is 5.39. The molecule has 0 amide bonds. The van der Waals surface area contributed by atoms with Gasteiger partial charge in [0.25, 0.3) is 0 Å². The van der Waals surface area contributed by atoms with E-state index in [1.807, 2.05) is 0 Å². The molecular formula is C7H6BrO2SSi. The minimum atomic E-state index is -3.11. The predicted molar refractivity (Wildman–Crippen MR) is 52.6 cm³/mol. The zero-order valence-electron chi connectivity index (χ0n) is 6.33. The summed E-state index contributed by atoms with van der Waals surface area (Å²) in [6.45, 7) is 0. The quantitative estimate of drug-likeness (QED) is 0.696. The molecule has 0 spiro atoms. The molecular weight excluding hydrogens is 256 g/mol. The normalized spacial score (nSPS) is 11.6. The van der Waals surface area contributed by atoms with Crippen LogP contribution in [0.2, 0.25) is 0 Å². The first-order valence-electron chi connectivity index (χ1n) is 3.12. The molecule has 5 heteroatoms. The minimum Gasteiger partial charge on any atom is -0.224 e. The lowest BCUT2D eigenvalue weighted by Gasteiger charge is -2.00. The Morgan fingerprint density at radius 2 is 1.92 bits per heavy atom. The molecule has 0 atom stereocenters. The van der Waals surface area contributed by atoms with Crippen molar-refractivity contribution >= 4 is 41.2 Å². The Hall–Kier alpha value is -0.133. The van der Waals surface area contributed by atoms with Crippen molar-refractivity contribution in [2.75, 3.05) is 6.26 Å². The van der Waals surface area contributed by atoms with Crippen molar-refractivity contribution in [2.45, 2.75) is 4.90 Å². The number of halogens is 1. The summed E-state index contributed by atoms with van der Waals surface area (Å²) in [7, 11) is 0.152. The van der Waals surface area contributed by atoms with E-state index in [9.17, 15) is 8.42 Å². The Balaban J connectivity index is 3.37. The van der Waals surface area contributed by atoms with Crippen molar-refractivity contribution < 1.29 is 8.42 Å². The Morgan fingerprint density at radius 3 is 2.33 bits per heavy atom. The minimum absolute atomic E-state index is 0.307. The molecule has 0 aliphatic carbocycles. The lowest BCUT2D eigenvalue weighted by molar-refractivity contribution is 0.602. The highest BCUT2D eigenvalue weighted by Gasteiger charge is 2.07. The third-order valence-electron chi connectivity index (χ3n) is 1.30. The molecule has 63 valence electrons. The Bertz CT molecular complexity index is 380. The maximum Gasteiger partial charge on any atom is 0.175 e. The number of hydrogen-bond donors (Lipinski definition) is 0. The summed E-state index contributed by atoms with van der Waals surface area (Å²) in [5.74, 6) is 0. The topological polar surface area (TPSA) is 34.1 Å². The van der Waals surface area contributed by atoms with Crippen LogP contribution < -0.4 is 5.19 Å². The standard InChI is InChI=1S/C7H6BrO2SSi/c1-11(9,10)6-2-5(8)3-7(12)4-6/h2-4H,1H3. The zero-order valence-corrected chi connectivity index (χ0v) is 9.74. The van der Waals surface area contributed by atoms with Gasteiger partial charge >= 0.3 is 0 Å². The summed E-state index contributed by atoms with van der Waals surface area (Å²) in [6.07, 6.45) is 1.18. The molecule has 0 fully saturated rings. The van der Waals surface area contributed by atoms with E-state index < -0.39 is 9.84 Å². The molecule has 0 saturated heterocycles. The Morgan fingerprint density at radius 1 is 1.33 bits per heavy atom. The first kappa shape index (κ1) is 9.95. The van der Waals surface area contributed by atoms with Crippen molar-refractivity contribution in [3.05, 3.63) is 22.7 Å². The van der Waals surface area contributed by atoms with Gasteiger partial charge in [-0.25, -0.2) is 8.42 Å². The molecule has 0 aromatic heterocycles. The lowest BCUT2D eigenvalue weighted by Crippen LogP contribution is -2.06. The summed E-state index contributed by atoms with van der Waals surface area (Å²) in [5, 5.41) is 0.741. The third-order valence-corrected chi connectivity index (χ3v) is 3.14. The fourth-order valence-electron chi connectivity index (χ4n) is 0.777. The van der Waals surface area contributed by atoms with Crippen molar-refractivity contribution in [3.8, 4) is 0 Å². The van der Waals surface area contributed by atoms with Gasteiger partial charge in [0.15, 0.2) is 9.84 Å². The van der Waals surface area contributed by atoms with E-state index in [-0.39, 0.29) is 0 Å². The fraction of sp³-hybridized carbons (Fsp3) is 0.143. The number of benzene rings is 1. The van der Waals surface area contributed by atoms with Crippen molar-refractivity contribution in [3.63, 3.8) is 0 Å². The molecule has 0 heterocycles. The Kier molecular flexibility index (Phi) is 2.75. The molecule has 0 unspecified atom stereocenters. The molecule has 2 nitrogen and oxygen atoms in total. The van der Waals surface area contributed by atoms with Crippen LogP contribution >= 0.6 is 15.9 Å². The van der Waals surface area contributed by atoms with Crippen LogP contribution in [0.5, 0.6) is 0 Å². The maximum atomic E-state index is 11.1. The number of hydrogen-bond acceptors (Lipinski definition) is 2. The molecule has 1 aromatic rings. The maximum absolute atomic E-state index is 11.1. The third kappa shape index (κ3) is 2.43. The average molecular weight is 262 g/mol. The van der Waals surface area contributed by atoms with E-state index in [0.29, 0.717) is 4.90 Å². The molecule has 12 heavy (non-hydrogen) atoms. The van der Waals surface area contributed by atoms with E-state index in [2.05, 4.69) is 26.2 Å². The van der Waals surface area contributed by atoms with Crippen molar-refractivity contribution in [2.24, 2.45) is 0 Å². The van der Waals surface area contributed by atoms with Crippen LogP contribution in [0.1, 0.15) is 0 Å². The molecule has 0 aliphatic heterocycles. The van der Waals surface area contributed by atoms with E-state index in [1.54, 1.807) is 18.2 Å². The van der Waals surface area contributed by atoms with Crippen molar-refractivity contribution in [1.29, 1.82) is 0 Å². The van der Waals surface area contributed by atoms with Gasteiger partial charge in [0, 0.05) is 10.7 Å². The van der Waals surface area contributed by atoms with Crippen LogP contribution in [0, 0.1) is 0 Å². The second-order valence-electron chi connectivity index (χ2n) is 2.45. The second kappa shape index (κ2) is 3.31. The van der Waals surface area contributed by atoms with Crippen LogP contribution in [-0.2, 0) is 9.84 Å². The molecule has 3 radical (unpaired) electrons. The molecule has 0 bridgehead atoms. The van der Waals surface area contributed by atoms with Gasteiger partial charge in [-0.3, -0.25) is 0 Å². The molecule has 0 aliphatic rings. The smallest absolute Gasteiger partial charge is 0.175 e. The van der Waals surface area contributed by atoms with Gasteiger partial charge in [-0.05, 0) is 18.2 Å². The van der Waals surface area contributed by atoms with E-state index in [4.69, 9.17) is 0 Å². The summed E-state index contributed by atoms with van der Waals surface area (Å²) >= 11 is 3.21. The molecule has 0 saturated carbocycles. The molecule has 1 aromatic carbocycles. The van der Waals surface area contributed by atoms with Crippen LogP contribution in [-0.4, -0.2) is 24.9 Å². The second-order valence-corrected chi connectivity index (χ2v) is 5.96. The van der Waals surface area contributed by atoms with Gasteiger partial charge in [0.2, 0.25) is 0 Å². The summed E-state index contributed by atoms with van der Waals surface area (Å²) < 4.78 is 22.9. The summed E-state index contributed by atoms with van der Waals surface area (Å²) in [4.78, 5) is 0.307. The molecule has 0 N–H and O–H groups in total. The van der Waals surface area contributed by atoms with Gasteiger partial charge < -0.3 is 0 Å². The van der Waals surface area contributed by atoms with E-state index in [1.165, 1.54) is 6.26 Å². The van der Waals surface area contributed by atoms with Gasteiger partial charge in [0.1, 0.15) is 0 Å². The monoisotopic (exact) mass is 261 g/mol. The van der Waals surface area contributed by atoms with Crippen LogP contribution in [0.25, 0.3) is 0 Å². The highest BCUT2D eigenvalue weighted by molar-refractivity contribution is 9.10. The predicted octanol–water partition coefficient (Wildman–Crippen LogP) is 0.646. The number of sulfone groups is 1. The molecule has 1 rings (SSSR count). The highest BCUT2D eigenvalue weighted by atomic mass is 79.9. The summed E-state index contributed by atoms with van der Waals surface area (Å²) in [5.41, 5.74) is 0. The van der Waals surface area contributed by atoms with Gasteiger partial charge in [-0.2, -0.15) is 0 Å². The number of rotatable bonds is 1. The van der Waals surface area contributed by atoms with Gasteiger partial charge in [0.05, 0.1) is 15.1 Å². The van der Waals surface area contributed by atoms with E-state index in [0.717, 1.165) is 9.66 Å². The van der Waals surface area contributed by atoms with E-state index >= 15 is 0 Å². The SMILES string of the molecule is CS(=O)(=O)c1cc([Si])cc(Br)c1. The summed E-state index contributed by atoms with van der Waals surface area (Å²) in [6, 6.07) is 4.92. The highest BCUT2D eigenvalue weighted by Crippen LogP contribution is 2.13. The van der Waals surface area contributed by atoms with Gasteiger partial charge in [-0.15, -0.1) is 0 Å². The van der Waals surface area contributed by atoms with Crippen molar-refractivity contribution in [1.82, 2.24) is 0 Å². The van der Waals surface area contributed by atoms with Gasteiger partial charge in [-0.1, -0.05) is 21.1 Å². The largest absolute Gasteiger partial charge is 0.224 e. The average Bonchev–Trinajstić information content (AvgIpc) is 1.82. The van der Waals surface area contributed by atoms with Crippen LogP contribution in [0.4, 0.5) is 0 Å². The Labute approximate surface area is 83.5 Å². The zero-order chi connectivity index (χ0) is 9.35. The van der Waals surface area contributed by atoms with Crippen LogP contribution in [0.15, 0.2) is 27.6 Å².